The minimum absolute atomic E-state index is 0.274. The maximum absolute atomic E-state index is 12.8. The lowest BCUT2D eigenvalue weighted by Crippen LogP contribution is -2.51. The number of amides is 3. The number of carbonyl (C=O) groups excluding carboxylic acids is 3. The maximum atomic E-state index is 12.8. The molecular weight excluding hydrogens is 504 g/mol. The third kappa shape index (κ3) is 5.69. The standard InChI is InChI=1S/C28H27ClN6O3/c1-19-3-2-4-23(15-19)34-13-11-33(12-14-34)18-35-25-10-9-22(16-24(25)26(36)27(35)37)31-28(38)32-30-17-20-5-7-21(29)8-6-20/h2-10,15-17H,11-14,18H2,1H3,(H2,31,32,38)/b30-17+. The number of halogens is 1. The molecule has 38 heavy (non-hydrogen) atoms. The molecule has 194 valence electrons. The summed E-state index contributed by atoms with van der Waals surface area (Å²) in [6, 6.07) is 19.7. The number of anilines is 3. The van der Waals surface area contributed by atoms with Crippen molar-refractivity contribution >= 4 is 52.6 Å². The number of rotatable bonds is 6. The first-order valence-corrected chi connectivity index (χ1v) is 12.6. The maximum Gasteiger partial charge on any atom is 0.339 e. The summed E-state index contributed by atoms with van der Waals surface area (Å²) in [6.45, 7) is 5.65. The number of nitrogens with one attached hydrogen (secondary N) is 2. The van der Waals surface area contributed by atoms with Crippen LogP contribution in [0.25, 0.3) is 0 Å². The predicted molar refractivity (Wildman–Crippen MR) is 149 cm³/mol. The Morgan fingerprint density at radius 3 is 2.50 bits per heavy atom. The Hall–Kier alpha value is -4.21. The zero-order valence-electron chi connectivity index (χ0n) is 20.9. The molecule has 2 aliphatic heterocycles. The normalized spacial score (nSPS) is 15.7. The van der Waals surface area contributed by atoms with Gasteiger partial charge in [-0.25, -0.2) is 10.2 Å². The fourth-order valence-electron chi connectivity index (χ4n) is 4.56. The van der Waals surface area contributed by atoms with E-state index < -0.39 is 17.7 Å². The number of benzene rings is 3. The first-order valence-electron chi connectivity index (χ1n) is 12.3. The van der Waals surface area contributed by atoms with Crippen LogP contribution in [0.3, 0.4) is 0 Å². The van der Waals surface area contributed by atoms with E-state index in [9.17, 15) is 14.4 Å². The van der Waals surface area contributed by atoms with Gasteiger partial charge in [-0.1, -0.05) is 35.9 Å². The molecule has 2 heterocycles. The molecule has 5 rings (SSSR count). The molecule has 3 aromatic carbocycles. The summed E-state index contributed by atoms with van der Waals surface area (Å²) in [5.41, 5.74) is 6.78. The second kappa shape index (κ2) is 11.0. The number of ketones is 1. The van der Waals surface area contributed by atoms with Gasteiger partial charge < -0.3 is 10.2 Å². The second-order valence-electron chi connectivity index (χ2n) is 9.26. The Balaban J connectivity index is 1.18. The largest absolute Gasteiger partial charge is 0.369 e. The van der Waals surface area contributed by atoms with Crippen molar-refractivity contribution in [3.05, 3.63) is 88.4 Å². The van der Waals surface area contributed by atoms with Gasteiger partial charge in [0.1, 0.15) is 0 Å². The highest BCUT2D eigenvalue weighted by atomic mass is 35.5. The van der Waals surface area contributed by atoms with Crippen molar-refractivity contribution in [1.29, 1.82) is 0 Å². The molecule has 0 radical (unpaired) electrons. The fraction of sp³-hybridized carbons (Fsp3) is 0.214. The topological polar surface area (TPSA) is 97.4 Å². The minimum atomic E-state index is -0.580. The van der Waals surface area contributed by atoms with E-state index in [4.69, 9.17) is 11.6 Å². The van der Waals surface area contributed by atoms with Crippen molar-refractivity contribution in [3.63, 3.8) is 0 Å². The molecule has 9 nitrogen and oxygen atoms in total. The van der Waals surface area contributed by atoms with Crippen LogP contribution in [0.1, 0.15) is 21.5 Å². The average Bonchev–Trinajstić information content (AvgIpc) is 3.14. The number of hydrazone groups is 1. The lowest BCUT2D eigenvalue weighted by molar-refractivity contribution is -0.114. The van der Waals surface area contributed by atoms with Gasteiger partial charge in [0, 0.05) is 42.6 Å². The monoisotopic (exact) mass is 530 g/mol. The smallest absolute Gasteiger partial charge is 0.339 e. The Morgan fingerprint density at radius 1 is 1.00 bits per heavy atom. The number of hydrogen-bond donors (Lipinski definition) is 2. The highest BCUT2D eigenvalue weighted by Crippen LogP contribution is 2.32. The van der Waals surface area contributed by atoms with Gasteiger partial charge >= 0.3 is 11.9 Å². The summed E-state index contributed by atoms with van der Waals surface area (Å²) in [4.78, 5) is 43.8. The van der Waals surface area contributed by atoms with Crippen molar-refractivity contribution in [3.8, 4) is 0 Å². The summed E-state index contributed by atoms with van der Waals surface area (Å²) >= 11 is 5.86. The van der Waals surface area contributed by atoms with Crippen LogP contribution in [0, 0.1) is 6.92 Å². The van der Waals surface area contributed by atoms with E-state index in [0.717, 1.165) is 31.7 Å². The molecule has 2 aliphatic rings. The van der Waals surface area contributed by atoms with Gasteiger partial charge in [-0.05, 0) is 60.5 Å². The molecule has 10 heteroatoms. The van der Waals surface area contributed by atoms with Gasteiger partial charge in [0.25, 0.3) is 5.78 Å². The summed E-state index contributed by atoms with van der Waals surface area (Å²) in [5.74, 6) is -1.14. The van der Waals surface area contributed by atoms with Crippen molar-refractivity contribution < 1.29 is 14.4 Å². The quantitative estimate of drug-likeness (QED) is 0.284. The highest BCUT2D eigenvalue weighted by molar-refractivity contribution is 6.52. The van der Waals surface area contributed by atoms with Gasteiger partial charge in [-0.2, -0.15) is 5.10 Å². The number of Topliss-reactive ketones (excluding diaryl/α,β-unsaturated/α-hetero) is 1. The van der Waals surface area contributed by atoms with Gasteiger partial charge in [-0.3, -0.25) is 19.4 Å². The predicted octanol–water partition coefficient (Wildman–Crippen LogP) is 4.11. The number of piperazine rings is 1. The minimum Gasteiger partial charge on any atom is -0.369 e. The summed E-state index contributed by atoms with van der Waals surface area (Å²) in [6.07, 6.45) is 1.49. The van der Waals surface area contributed by atoms with Crippen LogP contribution in [0.2, 0.25) is 5.02 Å². The molecule has 2 N–H and O–H groups in total. The molecule has 0 bridgehead atoms. The van der Waals surface area contributed by atoms with E-state index in [0.29, 0.717) is 23.1 Å². The number of aryl methyl sites for hydroxylation is 1. The van der Waals surface area contributed by atoms with E-state index in [1.54, 1.807) is 36.4 Å². The highest BCUT2D eigenvalue weighted by Gasteiger charge is 2.37. The zero-order valence-corrected chi connectivity index (χ0v) is 21.6. The van der Waals surface area contributed by atoms with Gasteiger partial charge in [0.2, 0.25) is 0 Å². The van der Waals surface area contributed by atoms with Crippen molar-refractivity contribution in [2.24, 2.45) is 5.10 Å². The molecule has 0 spiro atoms. The van der Waals surface area contributed by atoms with Gasteiger partial charge in [0.15, 0.2) is 0 Å². The first-order chi connectivity index (χ1) is 18.4. The number of hydrogen-bond acceptors (Lipinski definition) is 6. The van der Waals surface area contributed by atoms with E-state index in [1.807, 2.05) is 0 Å². The second-order valence-corrected chi connectivity index (χ2v) is 9.69. The molecule has 0 unspecified atom stereocenters. The molecule has 0 atom stereocenters. The molecular formula is C28H27ClN6O3. The van der Waals surface area contributed by atoms with E-state index in [1.165, 1.54) is 28.4 Å². The summed E-state index contributed by atoms with van der Waals surface area (Å²) in [5, 5.41) is 7.15. The molecule has 0 saturated carbocycles. The van der Waals surface area contributed by atoms with Crippen LogP contribution >= 0.6 is 11.6 Å². The molecule has 0 aliphatic carbocycles. The third-order valence-corrected chi connectivity index (χ3v) is 6.81. The zero-order chi connectivity index (χ0) is 26.6. The van der Waals surface area contributed by atoms with Gasteiger partial charge in [-0.15, -0.1) is 0 Å². The lowest BCUT2D eigenvalue weighted by atomic mass is 10.1. The van der Waals surface area contributed by atoms with Crippen LogP contribution in [0.15, 0.2) is 71.8 Å². The van der Waals surface area contributed by atoms with E-state index in [2.05, 4.69) is 56.8 Å². The fourth-order valence-corrected chi connectivity index (χ4v) is 4.69. The Kier molecular flexibility index (Phi) is 7.39. The van der Waals surface area contributed by atoms with Crippen LogP contribution in [0.5, 0.6) is 0 Å². The average molecular weight is 531 g/mol. The molecule has 3 amide bonds. The van der Waals surface area contributed by atoms with E-state index in [-0.39, 0.29) is 5.56 Å². The Morgan fingerprint density at radius 2 is 1.76 bits per heavy atom. The van der Waals surface area contributed by atoms with Crippen LogP contribution in [0.4, 0.5) is 21.9 Å². The van der Waals surface area contributed by atoms with Crippen LogP contribution in [-0.2, 0) is 4.79 Å². The summed E-state index contributed by atoms with van der Waals surface area (Å²) in [7, 11) is 0. The van der Waals surface area contributed by atoms with Gasteiger partial charge in [0.05, 0.1) is 24.1 Å². The van der Waals surface area contributed by atoms with Crippen molar-refractivity contribution in [2.75, 3.05) is 48.0 Å². The number of fused-ring (bicyclic) bond motifs is 1. The van der Waals surface area contributed by atoms with Crippen molar-refractivity contribution in [2.45, 2.75) is 6.92 Å². The van der Waals surface area contributed by atoms with Crippen LogP contribution < -0.4 is 20.5 Å². The van der Waals surface area contributed by atoms with E-state index >= 15 is 0 Å². The Labute approximate surface area is 225 Å². The van der Waals surface area contributed by atoms with Crippen LogP contribution in [-0.4, -0.2) is 61.7 Å². The Bertz CT molecular complexity index is 1400. The number of nitrogens with zero attached hydrogens (tertiary/aromatic N) is 4. The third-order valence-electron chi connectivity index (χ3n) is 6.56. The molecule has 1 saturated heterocycles. The SMILES string of the molecule is Cc1cccc(N2CCN(CN3C(=O)C(=O)c4cc(NC(=O)N/N=C/c5ccc(Cl)cc5)ccc43)CC2)c1. The van der Waals surface area contributed by atoms with Crippen molar-refractivity contribution in [1.82, 2.24) is 10.3 Å². The summed E-state index contributed by atoms with van der Waals surface area (Å²) < 4.78 is 0. The lowest BCUT2D eigenvalue weighted by Gasteiger charge is -2.37. The molecule has 0 aromatic heterocycles. The molecule has 1 fully saturated rings. The number of carbonyl (C=O) groups is 3. The number of urea groups is 1. The first kappa shape index (κ1) is 25.4. The molecule has 3 aromatic rings.